The lowest BCUT2D eigenvalue weighted by Gasteiger charge is -2.34. The first-order valence-corrected chi connectivity index (χ1v) is 12.2. The largest absolute Gasteiger partial charge is 0.481 e. The quantitative estimate of drug-likeness (QED) is 0.717. The number of rotatable bonds is 6. The van der Waals surface area contributed by atoms with Gasteiger partial charge in [0.25, 0.3) is 0 Å². The molecule has 1 aliphatic carbocycles. The minimum absolute atomic E-state index is 0.0737. The number of aliphatic carboxylic acids is 1. The van der Waals surface area contributed by atoms with Crippen LogP contribution >= 0.6 is 0 Å². The topological polar surface area (TPSA) is 109 Å². The van der Waals surface area contributed by atoms with Gasteiger partial charge in [0.05, 0.1) is 39.7 Å². The number of hydrogen-bond donors (Lipinski definition) is 2. The van der Waals surface area contributed by atoms with E-state index in [0.29, 0.717) is 12.1 Å². The number of fused-ring (bicyclic) bond motifs is 1. The van der Waals surface area contributed by atoms with Gasteiger partial charge in [-0.15, -0.1) is 0 Å². The predicted octanol–water partition coefficient (Wildman–Crippen LogP) is 3.52. The number of carboxylic acid groups (broad SMARTS) is 1. The fourth-order valence-electron chi connectivity index (χ4n) is 4.19. The zero-order valence-electron chi connectivity index (χ0n) is 18.2. The molecule has 1 aliphatic rings. The second kappa shape index (κ2) is 7.96. The first-order valence-electron chi connectivity index (χ1n) is 10.5. The van der Waals surface area contributed by atoms with Crippen molar-refractivity contribution in [2.24, 2.45) is 5.92 Å². The number of benzene rings is 1. The summed E-state index contributed by atoms with van der Waals surface area (Å²) in [6.07, 6.45) is 4.62. The molecule has 0 bridgehead atoms. The Balaban J connectivity index is 2.06. The van der Waals surface area contributed by atoms with Gasteiger partial charge in [0.15, 0.2) is 9.84 Å². The molecule has 1 unspecified atom stereocenters. The van der Waals surface area contributed by atoms with E-state index in [-0.39, 0.29) is 10.3 Å². The summed E-state index contributed by atoms with van der Waals surface area (Å²) in [6, 6.07) is 4.76. The monoisotopic (exact) mass is 436 g/mol. The van der Waals surface area contributed by atoms with Crippen LogP contribution in [0.3, 0.4) is 0 Å². The van der Waals surface area contributed by atoms with E-state index in [1.807, 2.05) is 25.3 Å². The molecular weight excluding hydrogens is 404 g/mol. The number of carboxylic acids is 1. The van der Waals surface area contributed by atoms with Crippen molar-refractivity contribution in [2.75, 3.05) is 5.75 Å². The number of aromatic nitrogens is 2. The van der Waals surface area contributed by atoms with Gasteiger partial charge in [-0.1, -0.05) is 47.0 Å². The highest BCUT2D eigenvalue weighted by atomic mass is 32.2. The molecule has 1 saturated carbocycles. The molecule has 8 heteroatoms. The molecule has 1 aromatic heterocycles. The number of aliphatic hydroxyl groups is 1. The molecule has 2 aromatic rings. The molecule has 0 aliphatic heterocycles. The van der Waals surface area contributed by atoms with Crippen LogP contribution in [0.15, 0.2) is 23.1 Å². The summed E-state index contributed by atoms with van der Waals surface area (Å²) in [6.45, 7) is 7.94. The van der Waals surface area contributed by atoms with Crippen LogP contribution in [0.25, 0.3) is 11.0 Å². The van der Waals surface area contributed by atoms with Crippen LogP contribution in [0, 0.1) is 5.92 Å². The van der Waals surface area contributed by atoms with Crippen LogP contribution < -0.4 is 0 Å². The van der Waals surface area contributed by atoms with Crippen molar-refractivity contribution in [1.29, 1.82) is 0 Å². The maximum atomic E-state index is 12.7. The smallest absolute Gasteiger partial charge is 0.307 e. The van der Waals surface area contributed by atoms with Crippen LogP contribution in [-0.4, -0.2) is 45.5 Å². The van der Waals surface area contributed by atoms with Gasteiger partial charge in [-0.2, -0.15) is 0 Å². The summed E-state index contributed by atoms with van der Waals surface area (Å²) in [5.74, 6) is -1.79. The fraction of sp³-hybridized carbons (Fsp3) is 0.636. The second-order valence-corrected chi connectivity index (χ2v) is 11.8. The van der Waals surface area contributed by atoms with Crippen molar-refractivity contribution in [3.8, 4) is 0 Å². The highest BCUT2D eigenvalue weighted by Crippen LogP contribution is 2.34. The van der Waals surface area contributed by atoms with E-state index in [4.69, 9.17) is 10.1 Å². The Hall–Kier alpha value is -1.93. The van der Waals surface area contributed by atoms with Crippen molar-refractivity contribution < 1.29 is 23.4 Å². The first kappa shape index (κ1) is 22.7. The Bertz CT molecular complexity index is 1040. The lowest BCUT2D eigenvalue weighted by Crippen LogP contribution is -2.37. The lowest BCUT2D eigenvalue weighted by molar-refractivity contribution is -0.140. The number of nitrogens with zero attached hydrogens (tertiary/aromatic N) is 2. The number of sulfone groups is 1. The van der Waals surface area contributed by atoms with Crippen molar-refractivity contribution in [3.05, 3.63) is 24.0 Å². The van der Waals surface area contributed by atoms with Crippen molar-refractivity contribution in [2.45, 2.75) is 82.3 Å². The van der Waals surface area contributed by atoms with Crippen LogP contribution in [-0.2, 0) is 26.6 Å². The van der Waals surface area contributed by atoms with Gasteiger partial charge in [0.1, 0.15) is 5.82 Å². The van der Waals surface area contributed by atoms with Crippen molar-refractivity contribution >= 4 is 26.8 Å². The summed E-state index contributed by atoms with van der Waals surface area (Å²) >= 11 is 0. The number of carbonyl (C=O) groups is 1. The Morgan fingerprint density at radius 1 is 1.23 bits per heavy atom. The normalized spacial score (nSPS) is 18.4. The minimum Gasteiger partial charge on any atom is -0.481 e. The SMILES string of the molecule is CC(CS(=O)(=O)c1ccc2c(c1)nc(C(C)(C)C)n2CC1(O)CCCCC1)C(=O)O. The van der Waals surface area contributed by atoms with Gasteiger partial charge in [-0.3, -0.25) is 4.79 Å². The van der Waals surface area contributed by atoms with E-state index < -0.39 is 33.1 Å². The summed E-state index contributed by atoms with van der Waals surface area (Å²) in [4.78, 5) is 15.9. The lowest BCUT2D eigenvalue weighted by atomic mass is 9.84. The third kappa shape index (κ3) is 4.70. The number of hydrogen-bond acceptors (Lipinski definition) is 5. The molecule has 3 rings (SSSR count). The van der Waals surface area contributed by atoms with E-state index in [2.05, 4.69) is 0 Å². The second-order valence-electron chi connectivity index (χ2n) is 9.73. The molecule has 0 saturated heterocycles. The van der Waals surface area contributed by atoms with E-state index in [1.54, 1.807) is 6.07 Å². The first-order chi connectivity index (χ1) is 13.8. The Morgan fingerprint density at radius 2 is 1.87 bits per heavy atom. The molecule has 2 N–H and O–H groups in total. The van der Waals surface area contributed by atoms with Crippen LogP contribution in [0.5, 0.6) is 0 Å². The molecule has 1 aromatic carbocycles. The van der Waals surface area contributed by atoms with E-state index >= 15 is 0 Å². The Kier molecular flexibility index (Phi) is 6.04. The standard InChI is InChI=1S/C22H32N2O5S/c1-15(19(25)26)13-30(28,29)16-8-9-18-17(12-16)23-20(21(2,3)4)24(18)14-22(27)10-6-5-7-11-22/h8-9,12,15,27H,5-7,10-11,13-14H2,1-4H3,(H,25,26). The van der Waals surface area contributed by atoms with Crippen LogP contribution in [0.2, 0.25) is 0 Å². The zero-order chi connectivity index (χ0) is 22.3. The molecule has 0 amide bonds. The minimum atomic E-state index is -3.75. The van der Waals surface area contributed by atoms with Crippen LogP contribution in [0.4, 0.5) is 0 Å². The van der Waals surface area contributed by atoms with E-state index in [0.717, 1.165) is 43.4 Å². The summed E-state index contributed by atoms with van der Waals surface area (Å²) in [5, 5.41) is 20.2. The molecule has 30 heavy (non-hydrogen) atoms. The molecule has 1 fully saturated rings. The average molecular weight is 437 g/mol. The van der Waals surface area contributed by atoms with Crippen molar-refractivity contribution in [1.82, 2.24) is 9.55 Å². The van der Waals surface area contributed by atoms with Gasteiger partial charge in [-0.25, -0.2) is 13.4 Å². The molecule has 0 spiro atoms. The highest BCUT2D eigenvalue weighted by Gasteiger charge is 2.33. The molecular formula is C22H32N2O5S. The maximum Gasteiger partial charge on any atom is 0.307 e. The summed E-state index contributed by atoms with van der Waals surface area (Å²) in [5.41, 5.74) is 0.251. The average Bonchev–Trinajstić information content (AvgIpc) is 2.99. The van der Waals surface area contributed by atoms with E-state index in [1.165, 1.54) is 19.1 Å². The van der Waals surface area contributed by atoms with Gasteiger partial charge < -0.3 is 14.8 Å². The molecule has 7 nitrogen and oxygen atoms in total. The van der Waals surface area contributed by atoms with Crippen LogP contribution in [0.1, 0.15) is 65.6 Å². The maximum absolute atomic E-state index is 12.7. The molecule has 0 radical (unpaired) electrons. The Labute approximate surface area is 178 Å². The fourth-order valence-corrected chi connectivity index (χ4v) is 5.75. The zero-order valence-corrected chi connectivity index (χ0v) is 19.0. The predicted molar refractivity (Wildman–Crippen MR) is 115 cm³/mol. The third-order valence-electron chi connectivity index (χ3n) is 5.88. The summed E-state index contributed by atoms with van der Waals surface area (Å²) < 4.78 is 27.4. The van der Waals surface area contributed by atoms with Crippen molar-refractivity contribution in [3.63, 3.8) is 0 Å². The summed E-state index contributed by atoms with van der Waals surface area (Å²) in [7, 11) is -3.75. The van der Waals surface area contributed by atoms with Gasteiger partial charge >= 0.3 is 5.97 Å². The van der Waals surface area contributed by atoms with E-state index in [9.17, 15) is 18.3 Å². The highest BCUT2D eigenvalue weighted by molar-refractivity contribution is 7.91. The number of imidazole rings is 1. The van der Waals surface area contributed by atoms with Gasteiger partial charge in [-0.05, 0) is 31.0 Å². The Morgan fingerprint density at radius 3 is 2.43 bits per heavy atom. The van der Waals surface area contributed by atoms with Gasteiger partial charge in [0, 0.05) is 5.41 Å². The molecule has 1 heterocycles. The third-order valence-corrected chi connectivity index (χ3v) is 7.79. The van der Waals surface area contributed by atoms with Gasteiger partial charge in [0.2, 0.25) is 0 Å². The molecule has 166 valence electrons. The molecule has 1 atom stereocenters.